The zero-order chi connectivity index (χ0) is 21.8. The van der Waals surface area contributed by atoms with Gasteiger partial charge in [-0.05, 0) is 31.5 Å². The molecule has 4 aromatic rings. The van der Waals surface area contributed by atoms with Crippen LogP contribution in [0.4, 0.5) is 5.82 Å². The predicted octanol–water partition coefficient (Wildman–Crippen LogP) is 4.55. The molecule has 6 heteroatoms. The van der Waals surface area contributed by atoms with Crippen molar-refractivity contribution in [2.75, 3.05) is 5.32 Å². The lowest BCUT2D eigenvalue weighted by Gasteiger charge is -2.16. The van der Waals surface area contributed by atoms with Gasteiger partial charge in [0.05, 0.1) is 5.69 Å². The summed E-state index contributed by atoms with van der Waals surface area (Å²) in [5, 5.41) is 7.40. The molecule has 4 rings (SSSR count). The van der Waals surface area contributed by atoms with E-state index in [9.17, 15) is 9.59 Å². The maximum Gasteiger partial charge on any atom is 0.280 e. The van der Waals surface area contributed by atoms with E-state index in [1.165, 1.54) is 4.68 Å². The van der Waals surface area contributed by atoms with Crippen LogP contribution < -0.4 is 10.9 Å². The summed E-state index contributed by atoms with van der Waals surface area (Å²) in [5.41, 5.74) is 3.04. The fraction of sp³-hybridized carbons (Fsp3) is 0.120. The summed E-state index contributed by atoms with van der Waals surface area (Å²) in [6.45, 7) is 4.01. The number of benzene rings is 2. The van der Waals surface area contributed by atoms with Crippen LogP contribution in [0.2, 0.25) is 0 Å². The molecule has 31 heavy (non-hydrogen) atoms. The Morgan fingerprint density at radius 3 is 2.16 bits per heavy atom. The summed E-state index contributed by atoms with van der Waals surface area (Å²) in [6.07, 6.45) is 0. The third-order valence-corrected chi connectivity index (χ3v) is 4.92. The minimum Gasteiger partial charge on any atom is -0.306 e. The molecule has 0 fully saturated rings. The number of hydrogen-bond donors (Lipinski definition) is 1. The molecule has 0 saturated carbocycles. The third-order valence-electron chi connectivity index (χ3n) is 4.92. The molecule has 2 aromatic carbocycles. The second-order valence-electron chi connectivity index (χ2n) is 7.07. The molecule has 1 N–H and O–H groups in total. The highest BCUT2D eigenvalue weighted by Gasteiger charge is 2.25. The van der Waals surface area contributed by atoms with Crippen LogP contribution in [0.1, 0.15) is 23.0 Å². The van der Waals surface area contributed by atoms with Gasteiger partial charge in [0.25, 0.3) is 11.5 Å². The molecular formula is C25H22N4O2. The molecule has 0 atom stereocenters. The molecule has 0 saturated heterocycles. The molecular weight excluding hydrogens is 388 g/mol. The topological polar surface area (TPSA) is 76.9 Å². The van der Waals surface area contributed by atoms with Crippen LogP contribution in [0.25, 0.3) is 22.4 Å². The zero-order valence-electron chi connectivity index (χ0n) is 17.4. The van der Waals surface area contributed by atoms with Gasteiger partial charge in [0.1, 0.15) is 11.4 Å². The maximum absolute atomic E-state index is 13.4. The first kappa shape index (κ1) is 20.2. The maximum atomic E-state index is 13.4. The SMILES string of the molecule is CCn1nc(-c2ccccc2)c(-c2ccccc2)c(C(=O)Nc2cccc(C)n2)c1=O. The van der Waals surface area contributed by atoms with Crippen LogP contribution in [-0.4, -0.2) is 20.7 Å². The minimum atomic E-state index is -0.510. The van der Waals surface area contributed by atoms with Crippen molar-refractivity contribution < 1.29 is 4.79 Å². The van der Waals surface area contributed by atoms with Gasteiger partial charge in [-0.25, -0.2) is 9.67 Å². The lowest BCUT2D eigenvalue weighted by molar-refractivity contribution is 0.102. The second-order valence-corrected chi connectivity index (χ2v) is 7.07. The normalized spacial score (nSPS) is 10.6. The van der Waals surface area contributed by atoms with Crippen molar-refractivity contribution in [1.82, 2.24) is 14.8 Å². The summed E-state index contributed by atoms with van der Waals surface area (Å²) in [5.74, 6) is -0.117. The Bertz CT molecular complexity index is 1280. The van der Waals surface area contributed by atoms with Crippen LogP contribution in [0.15, 0.2) is 83.7 Å². The molecule has 1 amide bonds. The van der Waals surface area contributed by atoms with Gasteiger partial charge in [-0.1, -0.05) is 66.7 Å². The van der Waals surface area contributed by atoms with Crippen molar-refractivity contribution in [2.45, 2.75) is 20.4 Å². The number of nitrogens with one attached hydrogen (secondary N) is 1. The number of carbonyl (C=O) groups excluding carboxylic acids is 1. The lowest BCUT2D eigenvalue weighted by atomic mass is 9.95. The highest BCUT2D eigenvalue weighted by Crippen LogP contribution is 2.32. The van der Waals surface area contributed by atoms with E-state index < -0.39 is 11.5 Å². The monoisotopic (exact) mass is 410 g/mol. The summed E-state index contributed by atoms with van der Waals surface area (Å²) in [6, 6.07) is 24.3. The molecule has 0 aliphatic heterocycles. The Hall–Kier alpha value is -4.06. The fourth-order valence-corrected chi connectivity index (χ4v) is 3.47. The number of aryl methyl sites for hydroxylation is 2. The van der Waals surface area contributed by atoms with E-state index in [4.69, 9.17) is 0 Å². The molecule has 6 nitrogen and oxygen atoms in total. The first-order valence-corrected chi connectivity index (χ1v) is 10.1. The molecule has 0 unspecified atom stereocenters. The third kappa shape index (κ3) is 4.14. The van der Waals surface area contributed by atoms with Gasteiger partial charge in [-0.3, -0.25) is 9.59 Å². The van der Waals surface area contributed by atoms with Gasteiger partial charge in [0.15, 0.2) is 0 Å². The number of hydrogen-bond acceptors (Lipinski definition) is 4. The fourth-order valence-electron chi connectivity index (χ4n) is 3.47. The van der Waals surface area contributed by atoms with Crippen molar-refractivity contribution in [3.8, 4) is 22.4 Å². The predicted molar refractivity (Wildman–Crippen MR) is 122 cm³/mol. The first-order chi connectivity index (χ1) is 15.1. The van der Waals surface area contributed by atoms with E-state index in [2.05, 4.69) is 15.4 Å². The molecule has 0 spiro atoms. The zero-order valence-corrected chi connectivity index (χ0v) is 17.4. The van der Waals surface area contributed by atoms with Crippen molar-refractivity contribution in [1.29, 1.82) is 0 Å². The first-order valence-electron chi connectivity index (χ1n) is 10.1. The Kier molecular flexibility index (Phi) is 5.71. The van der Waals surface area contributed by atoms with E-state index in [1.807, 2.05) is 86.6 Å². The van der Waals surface area contributed by atoms with Gasteiger partial charge in [-0.15, -0.1) is 0 Å². The summed E-state index contributed by atoms with van der Waals surface area (Å²) in [4.78, 5) is 31.0. The molecule has 0 aliphatic rings. The van der Waals surface area contributed by atoms with E-state index in [0.29, 0.717) is 23.6 Å². The van der Waals surface area contributed by atoms with Crippen LogP contribution in [-0.2, 0) is 6.54 Å². The number of nitrogens with zero attached hydrogens (tertiary/aromatic N) is 3. The minimum absolute atomic E-state index is 0.0465. The number of rotatable bonds is 5. The average molecular weight is 410 g/mol. The molecule has 2 aromatic heterocycles. The van der Waals surface area contributed by atoms with Crippen molar-refractivity contribution in [3.63, 3.8) is 0 Å². The van der Waals surface area contributed by atoms with Crippen LogP contribution in [0.3, 0.4) is 0 Å². The largest absolute Gasteiger partial charge is 0.306 e. The van der Waals surface area contributed by atoms with Crippen LogP contribution >= 0.6 is 0 Å². The van der Waals surface area contributed by atoms with Gasteiger partial charge in [-0.2, -0.15) is 5.10 Å². The molecule has 0 bridgehead atoms. The summed E-state index contributed by atoms with van der Waals surface area (Å²) < 4.78 is 1.33. The second kappa shape index (κ2) is 8.75. The highest BCUT2D eigenvalue weighted by molar-refractivity contribution is 6.10. The van der Waals surface area contributed by atoms with E-state index in [0.717, 1.165) is 16.8 Å². The van der Waals surface area contributed by atoms with Gasteiger partial charge in [0.2, 0.25) is 0 Å². The highest BCUT2D eigenvalue weighted by atomic mass is 16.2. The quantitative estimate of drug-likeness (QED) is 0.524. The number of aromatic nitrogens is 3. The number of carbonyl (C=O) groups is 1. The Morgan fingerprint density at radius 2 is 1.55 bits per heavy atom. The number of amides is 1. The van der Waals surface area contributed by atoms with Crippen molar-refractivity contribution in [2.24, 2.45) is 0 Å². The summed E-state index contributed by atoms with van der Waals surface area (Å²) in [7, 11) is 0. The molecule has 154 valence electrons. The van der Waals surface area contributed by atoms with Crippen molar-refractivity contribution in [3.05, 3.63) is 100 Å². The van der Waals surface area contributed by atoms with E-state index >= 15 is 0 Å². The van der Waals surface area contributed by atoms with Gasteiger partial charge < -0.3 is 5.32 Å². The number of anilines is 1. The number of pyridine rings is 1. The Morgan fingerprint density at radius 1 is 0.903 bits per heavy atom. The molecule has 2 heterocycles. The van der Waals surface area contributed by atoms with Crippen LogP contribution in [0.5, 0.6) is 0 Å². The van der Waals surface area contributed by atoms with E-state index in [1.54, 1.807) is 6.07 Å². The average Bonchev–Trinajstić information content (AvgIpc) is 2.79. The van der Waals surface area contributed by atoms with E-state index in [-0.39, 0.29) is 5.56 Å². The lowest BCUT2D eigenvalue weighted by Crippen LogP contribution is -2.32. The Balaban J connectivity index is 1.98. The summed E-state index contributed by atoms with van der Waals surface area (Å²) >= 11 is 0. The smallest absolute Gasteiger partial charge is 0.280 e. The Labute approximate surface area is 180 Å². The van der Waals surface area contributed by atoms with Crippen LogP contribution in [0, 0.1) is 6.92 Å². The van der Waals surface area contributed by atoms with Gasteiger partial charge in [0, 0.05) is 23.4 Å². The molecule has 0 radical (unpaired) electrons. The standard InChI is InChI=1S/C25H22N4O2/c1-3-29-25(31)22(24(30)27-20-16-10-11-17(2)26-20)21(18-12-6-4-7-13-18)23(28-29)19-14-8-5-9-15-19/h4-16H,3H2,1-2H3,(H,26,27,30). The van der Waals surface area contributed by atoms with Crippen molar-refractivity contribution >= 4 is 11.7 Å². The van der Waals surface area contributed by atoms with Gasteiger partial charge >= 0.3 is 0 Å². The molecule has 0 aliphatic carbocycles.